The van der Waals surface area contributed by atoms with Gasteiger partial charge >= 0.3 is 0 Å². The Kier molecular flexibility index (Phi) is 4.57. The van der Waals surface area contributed by atoms with Gasteiger partial charge in [-0.2, -0.15) is 0 Å². The number of nitrogens with zero attached hydrogens (tertiary/aromatic N) is 2. The molecule has 0 saturated heterocycles. The van der Waals surface area contributed by atoms with Gasteiger partial charge in [-0.1, -0.05) is 0 Å². The van der Waals surface area contributed by atoms with Crippen molar-refractivity contribution in [1.29, 1.82) is 0 Å². The van der Waals surface area contributed by atoms with Gasteiger partial charge in [0.1, 0.15) is 5.82 Å². The Bertz CT molecular complexity index is 354. The van der Waals surface area contributed by atoms with Gasteiger partial charge in [0, 0.05) is 19.3 Å². The highest BCUT2D eigenvalue weighted by molar-refractivity contribution is 5.82. The van der Waals surface area contributed by atoms with Crippen LogP contribution in [0.25, 0.3) is 0 Å². The van der Waals surface area contributed by atoms with Crippen LogP contribution < -0.4 is 16.0 Å². The van der Waals surface area contributed by atoms with E-state index in [-0.39, 0.29) is 5.91 Å². The summed E-state index contributed by atoms with van der Waals surface area (Å²) in [5, 5.41) is 2.76. The molecule has 1 heterocycles. The molecule has 1 aromatic heterocycles. The SMILES string of the molecule is CCNC(=O)CN(CC)c1cccnc1N. The first-order chi connectivity index (χ1) is 7.69. The molecule has 5 nitrogen and oxygen atoms in total. The van der Waals surface area contributed by atoms with E-state index in [1.54, 1.807) is 6.20 Å². The number of rotatable bonds is 5. The van der Waals surface area contributed by atoms with Gasteiger partial charge < -0.3 is 16.0 Å². The lowest BCUT2D eigenvalue weighted by Crippen LogP contribution is -2.37. The predicted octanol–water partition coefficient (Wildman–Crippen LogP) is 0.626. The highest BCUT2D eigenvalue weighted by Gasteiger charge is 2.11. The lowest BCUT2D eigenvalue weighted by atomic mass is 10.3. The first-order valence-corrected chi connectivity index (χ1v) is 5.41. The molecule has 0 spiro atoms. The highest BCUT2D eigenvalue weighted by Crippen LogP contribution is 2.19. The molecule has 1 aromatic rings. The molecule has 0 unspecified atom stereocenters. The first kappa shape index (κ1) is 12.3. The van der Waals surface area contributed by atoms with Crippen LogP contribution in [0.2, 0.25) is 0 Å². The number of carbonyl (C=O) groups is 1. The number of amides is 1. The van der Waals surface area contributed by atoms with Crippen molar-refractivity contribution in [3.05, 3.63) is 18.3 Å². The van der Waals surface area contributed by atoms with Gasteiger partial charge in [-0.3, -0.25) is 4.79 Å². The molecule has 1 rings (SSSR count). The zero-order valence-electron chi connectivity index (χ0n) is 9.73. The van der Waals surface area contributed by atoms with E-state index in [2.05, 4.69) is 10.3 Å². The zero-order valence-corrected chi connectivity index (χ0v) is 9.73. The van der Waals surface area contributed by atoms with Crippen LogP contribution >= 0.6 is 0 Å². The van der Waals surface area contributed by atoms with E-state index in [0.717, 1.165) is 5.69 Å². The molecule has 0 aliphatic carbocycles. The Hall–Kier alpha value is -1.78. The normalized spacial score (nSPS) is 9.88. The third-order valence-electron chi connectivity index (χ3n) is 2.25. The van der Waals surface area contributed by atoms with E-state index in [0.29, 0.717) is 25.5 Å². The van der Waals surface area contributed by atoms with Gasteiger partial charge in [0.2, 0.25) is 5.91 Å². The topological polar surface area (TPSA) is 71.2 Å². The number of aromatic nitrogens is 1. The zero-order chi connectivity index (χ0) is 12.0. The molecule has 5 heteroatoms. The summed E-state index contributed by atoms with van der Waals surface area (Å²) >= 11 is 0. The van der Waals surface area contributed by atoms with E-state index in [1.165, 1.54) is 0 Å². The van der Waals surface area contributed by atoms with Crippen molar-refractivity contribution in [3.63, 3.8) is 0 Å². The van der Waals surface area contributed by atoms with Crippen LogP contribution in [-0.2, 0) is 4.79 Å². The molecule has 0 fully saturated rings. The first-order valence-electron chi connectivity index (χ1n) is 5.41. The van der Waals surface area contributed by atoms with Gasteiger partial charge in [0.25, 0.3) is 0 Å². The highest BCUT2D eigenvalue weighted by atomic mass is 16.2. The third-order valence-corrected chi connectivity index (χ3v) is 2.25. The number of hydrogen-bond donors (Lipinski definition) is 2. The minimum atomic E-state index is -0.00685. The van der Waals surface area contributed by atoms with Crippen LogP contribution in [-0.4, -0.2) is 30.5 Å². The predicted molar refractivity (Wildman–Crippen MR) is 65.2 cm³/mol. The van der Waals surface area contributed by atoms with Crippen molar-refractivity contribution in [2.45, 2.75) is 13.8 Å². The number of carbonyl (C=O) groups excluding carboxylic acids is 1. The molecule has 0 atom stereocenters. The molecule has 3 N–H and O–H groups in total. The summed E-state index contributed by atoms with van der Waals surface area (Å²) in [5.41, 5.74) is 6.56. The Balaban J connectivity index is 2.75. The number of anilines is 2. The fraction of sp³-hybridized carbons (Fsp3) is 0.455. The molecule has 0 aromatic carbocycles. The summed E-state index contributed by atoms with van der Waals surface area (Å²) in [6, 6.07) is 3.68. The van der Waals surface area contributed by atoms with Crippen LogP contribution in [0.4, 0.5) is 11.5 Å². The van der Waals surface area contributed by atoms with Gasteiger partial charge in [-0.15, -0.1) is 0 Å². The number of nitrogen functional groups attached to an aromatic ring is 1. The van der Waals surface area contributed by atoms with Crippen LogP contribution in [0, 0.1) is 0 Å². The van der Waals surface area contributed by atoms with Crippen molar-refractivity contribution in [1.82, 2.24) is 10.3 Å². The molecular formula is C11H18N4O. The quantitative estimate of drug-likeness (QED) is 0.766. The molecular weight excluding hydrogens is 204 g/mol. The summed E-state index contributed by atoms with van der Waals surface area (Å²) in [4.78, 5) is 17.4. The van der Waals surface area contributed by atoms with E-state index >= 15 is 0 Å². The number of likely N-dealkylation sites (N-methyl/N-ethyl adjacent to an activating group) is 2. The fourth-order valence-corrected chi connectivity index (χ4v) is 1.47. The summed E-state index contributed by atoms with van der Waals surface area (Å²) in [6.45, 7) is 5.53. The summed E-state index contributed by atoms with van der Waals surface area (Å²) in [6.07, 6.45) is 1.64. The van der Waals surface area contributed by atoms with Crippen molar-refractivity contribution < 1.29 is 4.79 Å². The van der Waals surface area contributed by atoms with Gasteiger partial charge in [-0.05, 0) is 26.0 Å². The third kappa shape index (κ3) is 3.12. The fourth-order valence-electron chi connectivity index (χ4n) is 1.47. The Morgan fingerprint density at radius 3 is 2.88 bits per heavy atom. The van der Waals surface area contributed by atoms with Crippen LogP contribution in [0.15, 0.2) is 18.3 Å². The molecule has 16 heavy (non-hydrogen) atoms. The second-order valence-corrected chi connectivity index (χ2v) is 3.38. The standard InChI is InChI=1S/C11H18N4O/c1-3-13-10(16)8-15(4-2)9-6-5-7-14-11(9)12/h5-7H,3-4,8H2,1-2H3,(H2,12,14)(H,13,16). The Morgan fingerprint density at radius 1 is 1.56 bits per heavy atom. The summed E-state index contributed by atoms with van der Waals surface area (Å²) in [7, 11) is 0. The molecule has 1 amide bonds. The number of nitrogens with two attached hydrogens (primary N) is 1. The molecule has 0 bridgehead atoms. The Labute approximate surface area is 95.7 Å². The summed E-state index contributed by atoms with van der Waals surface area (Å²) in [5.74, 6) is 0.446. The van der Waals surface area contributed by atoms with Crippen LogP contribution in [0.3, 0.4) is 0 Å². The second-order valence-electron chi connectivity index (χ2n) is 3.38. The van der Waals surface area contributed by atoms with Crippen LogP contribution in [0.1, 0.15) is 13.8 Å². The van der Waals surface area contributed by atoms with Gasteiger partial charge in [-0.25, -0.2) is 4.98 Å². The number of hydrogen-bond acceptors (Lipinski definition) is 4. The summed E-state index contributed by atoms with van der Waals surface area (Å²) < 4.78 is 0. The minimum absolute atomic E-state index is 0.00685. The van der Waals surface area contributed by atoms with Crippen LogP contribution in [0.5, 0.6) is 0 Å². The van der Waals surface area contributed by atoms with Gasteiger partial charge in [0.15, 0.2) is 0 Å². The van der Waals surface area contributed by atoms with Crippen molar-refractivity contribution in [2.75, 3.05) is 30.3 Å². The molecule has 88 valence electrons. The molecule has 0 aliphatic heterocycles. The van der Waals surface area contributed by atoms with E-state index in [1.807, 2.05) is 30.9 Å². The number of pyridine rings is 1. The minimum Gasteiger partial charge on any atom is -0.382 e. The average Bonchev–Trinajstić information content (AvgIpc) is 2.27. The largest absolute Gasteiger partial charge is 0.382 e. The maximum atomic E-state index is 11.5. The lowest BCUT2D eigenvalue weighted by molar-refractivity contribution is -0.119. The van der Waals surface area contributed by atoms with E-state index < -0.39 is 0 Å². The van der Waals surface area contributed by atoms with E-state index in [9.17, 15) is 4.79 Å². The maximum Gasteiger partial charge on any atom is 0.239 e. The smallest absolute Gasteiger partial charge is 0.239 e. The van der Waals surface area contributed by atoms with Crippen molar-refractivity contribution in [2.24, 2.45) is 0 Å². The maximum absolute atomic E-state index is 11.5. The lowest BCUT2D eigenvalue weighted by Gasteiger charge is -2.23. The van der Waals surface area contributed by atoms with Crippen molar-refractivity contribution >= 4 is 17.4 Å². The molecule has 0 aliphatic rings. The Morgan fingerprint density at radius 2 is 2.31 bits per heavy atom. The second kappa shape index (κ2) is 5.95. The monoisotopic (exact) mass is 222 g/mol. The average molecular weight is 222 g/mol. The molecule has 0 radical (unpaired) electrons. The van der Waals surface area contributed by atoms with Crippen molar-refractivity contribution in [3.8, 4) is 0 Å². The van der Waals surface area contributed by atoms with Gasteiger partial charge in [0.05, 0.1) is 12.2 Å². The number of nitrogens with one attached hydrogen (secondary N) is 1. The molecule has 0 saturated carbocycles. The van der Waals surface area contributed by atoms with E-state index in [4.69, 9.17) is 5.73 Å².